The number of hydrogen-bond acceptors (Lipinski definition) is 6. The van der Waals surface area contributed by atoms with Crippen LogP contribution in [0.4, 0.5) is 11.5 Å². The molecule has 2 aromatic heterocycles. The largest absolute Gasteiger partial charge is 0.364 e. The quantitative estimate of drug-likeness (QED) is 0.297. The molecule has 4 aromatic rings. The van der Waals surface area contributed by atoms with Crippen LogP contribution in [0.3, 0.4) is 0 Å². The number of hydrogen-bond donors (Lipinski definition) is 3. The maximum absolute atomic E-state index is 13.5. The molecule has 4 N–H and O–H groups in total. The number of pyridine rings is 1. The van der Waals surface area contributed by atoms with Gasteiger partial charge >= 0.3 is 0 Å². The summed E-state index contributed by atoms with van der Waals surface area (Å²) in [5.74, 6) is -1.13. The summed E-state index contributed by atoms with van der Waals surface area (Å²) in [4.78, 5) is 57.5. The van der Waals surface area contributed by atoms with Crippen molar-refractivity contribution >= 4 is 46.0 Å². The molecular formula is C31H33N7O4. The van der Waals surface area contributed by atoms with Crippen molar-refractivity contribution in [2.24, 2.45) is 5.73 Å². The van der Waals surface area contributed by atoms with Crippen LogP contribution >= 0.6 is 0 Å². The Morgan fingerprint density at radius 3 is 2.50 bits per heavy atom. The van der Waals surface area contributed by atoms with E-state index in [1.54, 1.807) is 29.2 Å². The van der Waals surface area contributed by atoms with Gasteiger partial charge in [0.05, 0.1) is 11.9 Å². The summed E-state index contributed by atoms with van der Waals surface area (Å²) in [6, 6.07) is 17.4. The molecule has 216 valence electrons. The lowest BCUT2D eigenvalue weighted by Gasteiger charge is -2.34. The number of anilines is 2. The Morgan fingerprint density at radius 1 is 0.976 bits per heavy atom. The van der Waals surface area contributed by atoms with Crippen molar-refractivity contribution in [1.29, 1.82) is 0 Å². The van der Waals surface area contributed by atoms with Gasteiger partial charge in [0.1, 0.15) is 18.4 Å². The minimum absolute atomic E-state index is 0.00843. The fourth-order valence-corrected chi connectivity index (χ4v) is 5.20. The van der Waals surface area contributed by atoms with Crippen LogP contribution in [0, 0.1) is 13.8 Å². The van der Waals surface area contributed by atoms with Gasteiger partial charge in [-0.15, -0.1) is 0 Å². The number of aromatic nitrogens is 3. The number of amides is 4. The van der Waals surface area contributed by atoms with E-state index in [9.17, 15) is 19.2 Å². The number of primary amides is 1. The second-order valence-electron chi connectivity index (χ2n) is 10.6. The van der Waals surface area contributed by atoms with Gasteiger partial charge in [0, 0.05) is 23.3 Å². The average Bonchev–Trinajstić information content (AvgIpc) is 3.32. The first-order valence-corrected chi connectivity index (χ1v) is 13.9. The molecule has 1 aliphatic rings. The predicted molar refractivity (Wildman–Crippen MR) is 159 cm³/mol. The second-order valence-corrected chi connectivity index (χ2v) is 10.6. The highest BCUT2D eigenvalue weighted by atomic mass is 16.2. The van der Waals surface area contributed by atoms with Gasteiger partial charge in [0.15, 0.2) is 5.69 Å². The molecular weight excluding hydrogens is 534 g/mol. The van der Waals surface area contributed by atoms with E-state index in [-0.39, 0.29) is 36.4 Å². The third-order valence-electron chi connectivity index (χ3n) is 7.30. The minimum Gasteiger partial charge on any atom is -0.364 e. The molecule has 1 atom stereocenters. The third kappa shape index (κ3) is 6.46. The fraction of sp³-hybridized carbons (Fsp3) is 0.290. The molecule has 11 nitrogen and oxygen atoms in total. The average molecular weight is 568 g/mol. The Labute approximate surface area is 243 Å². The number of benzene rings is 2. The SMILES string of the molecule is Cc1ccc(CC(=O)Nc2ccc3c(c2)c(C(N)=O)nn3CC(=O)N2CCCC[C@H]2C(=O)Nc2cccc(C)n2)cc1. The van der Waals surface area contributed by atoms with Crippen molar-refractivity contribution in [2.75, 3.05) is 17.2 Å². The van der Waals surface area contributed by atoms with Gasteiger partial charge in [0.2, 0.25) is 17.7 Å². The van der Waals surface area contributed by atoms with Crippen LogP contribution in [0.15, 0.2) is 60.7 Å². The normalized spacial score (nSPS) is 14.9. The van der Waals surface area contributed by atoms with Gasteiger partial charge in [-0.2, -0.15) is 5.10 Å². The molecule has 0 unspecified atom stereocenters. The second kappa shape index (κ2) is 12.2. The number of fused-ring (bicyclic) bond motifs is 1. The minimum atomic E-state index is -0.754. The lowest BCUT2D eigenvalue weighted by molar-refractivity contribution is -0.141. The zero-order valence-corrected chi connectivity index (χ0v) is 23.6. The highest BCUT2D eigenvalue weighted by Gasteiger charge is 2.33. The van der Waals surface area contributed by atoms with Crippen LogP contribution in [-0.4, -0.2) is 55.9 Å². The fourth-order valence-electron chi connectivity index (χ4n) is 5.20. The van der Waals surface area contributed by atoms with Crippen molar-refractivity contribution in [2.45, 2.75) is 52.1 Å². The molecule has 0 bridgehead atoms. The van der Waals surface area contributed by atoms with E-state index in [1.807, 2.05) is 50.2 Å². The van der Waals surface area contributed by atoms with E-state index in [0.29, 0.717) is 35.4 Å². The molecule has 3 heterocycles. The van der Waals surface area contributed by atoms with Crippen molar-refractivity contribution in [3.63, 3.8) is 0 Å². The summed E-state index contributed by atoms with van der Waals surface area (Å²) in [7, 11) is 0. The molecule has 2 aromatic carbocycles. The highest BCUT2D eigenvalue weighted by Crippen LogP contribution is 2.25. The van der Waals surface area contributed by atoms with E-state index < -0.39 is 11.9 Å². The number of nitrogens with zero attached hydrogens (tertiary/aromatic N) is 4. The van der Waals surface area contributed by atoms with E-state index in [4.69, 9.17) is 5.73 Å². The van der Waals surface area contributed by atoms with Gasteiger partial charge in [-0.3, -0.25) is 23.9 Å². The number of nitrogens with one attached hydrogen (secondary N) is 2. The summed E-state index contributed by atoms with van der Waals surface area (Å²) >= 11 is 0. The predicted octanol–water partition coefficient (Wildman–Crippen LogP) is 3.35. The van der Waals surface area contributed by atoms with E-state index >= 15 is 0 Å². The summed E-state index contributed by atoms with van der Waals surface area (Å²) in [5.41, 5.74) is 9.36. The van der Waals surface area contributed by atoms with E-state index in [0.717, 1.165) is 29.7 Å². The zero-order valence-electron chi connectivity index (χ0n) is 23.6. The molecule has 5 rings (SSSR count). The van der Waals surface area contributed by atoms with Crippen LogP contribution < -0.4 is 16.4 Å². The van der Waals surface area contributed by atoms with Gasteiger partial charge < -0.3 is 21.3 Å². The third-order valence-corrected chi connectivity index (χ3v) is 7.30. The van der Waals surface area contributed by atoms with Crippen LogP contribution in [0.5, 0.6) is 0 Å². The Bertz CT molecular complexity index is 1660. The summed E-state index contributed by atoms with van der Waals surface area (Å²) < 4.78 is 1.42. The standard InChI is InChI=1S/C31H33N7O4/c1-19-9-11-21(12-10-19)16-27(39)34-22-13-14-24-23(17-22)29(30(32)41)36-38(24)18-28(40)37-15-4-3-7-25(37)31(42)35-26-8-5-6-20(2)33-26/h5-6,8-14,17,25H,3-4,7,15-16,18H2,1-2H3,(H2,32,41)(H,34,39)(H,33,35,42)/t25-/m0/s1. The molecule has 1 saturated heterocycles. The van der Waals surface area contributed by atoms with Gasteiger partial charge in [-0.1, -0.05) is 35.9 Å². The molecule has 11 heteroatoms. The maximum Gasteiger partial charge on any atom is 0.269 e. The lowest BCUT2D eigenvalue weighted by Crippen LogP contribution is -2.51. The Hall–Kier alpha value is -5.06. The molecule has 4 amide bonds. The lowest BCUT2D eigenvalue weighted by atomic mass is 10.0. The van der Waals surface area contributed by atoms with Crippen molar-refractivity contribution in [3.05, 3.63) is 83.2 Å². The monoisotopic (exact) mass is 567 g/mol. The zero-order chi connectivity index (χ0) is 29.8. The Kier molecular flexibility index (Phi) is 8.28. The van der Waals surface area contributed by atoms with Crippen LogP contribution in [0.1, 0.15) is 46.6 Å². The number of rotatable bonds is 8. The van der Waals surface area contributed by atoms with Crippen molar-refractivity contribution in [1.82, 2.24) is 19.7 Å². The number of piperidine rings is 1. The number of aryl methyl sites for hydroxylation is 2. The maximum atomic E-state index is 13.5. The molecule has 0 radical (unpaired) electrons. The first-order valence-electron chi connectivity index (χ1n) is 13.9. The number of nitrogens with two attached hydrogens (primary N) is 1. The first kappa shape index (κ1) is 28.5. The smallest absolute Gasteiger partial charge is 0.269 e. The molecule has 42 heavy (non-hydrogen) atoms. The van der Waals surface area contributed by atoms with Crippen LogP contribution in [-0.2, 0) is 27.3 Å². The Balaban J connectivity index is 1.33. The summed E-state index contributed by atoms with van der Waals surface area (Å²) in [6.07, 6.45) is 2.31. The number of likely N-dealkylation sites (tertiary alicyclic amines) is 1. The summed E-state index contributed by atoms with van der Waals surface area (Å²) in [5, 5.41) is 10.4. The first-order chi connectivity index (χ1) is 20.2. The van der Waals surface area contributed by atoms with Crippen LogP contribution in [0.2, 0.25) is 0 Å². The highest BCUT2D eigenvalue weighted by molar-refractivity contribution is 6.06. The molecule has 1 fully saturated rings. The Morgan fingerprint density at radius 2 is 1.76 bits per heavy atom. The van der Waals surface area contributed by atoms with Crippen LogP contribution in [0.25, 0.3) is 10.9 Å². The van der Waals surface area contributed by atoms with Gasteiger partial charge in [-0.25, -0.2) is 4.98 Å². The number of carbonyl (C=O) groups is 4. The van der Waals surface area contributed by atoms with Gasteiger partial charge in [0.25, 0.3) is 5.91 Å². The van der Waals surface area contributed by atoms with E-state index in [1.165, 1.54) is 4.68 Å². The molecule has 0 saturated carbocycles. The molecule has 0 aliphatic carbocycles. The summed E-state index contributed by atoms with van der Waals surface area (Å²) in [6.45, 7) is 4.06. The van der Waals surface area contributed by atoms with Crippen molar-refractivity contribution < 1.29 is 19.2 Å². The number of carbonyl (C=O) groups excluding carboxylic acids is 4. The van der Waals surface area contributed by atoms with Gasteiger partial charge in [-0.05, 0) is 69.0 Å². The topological polar surface area (TPSA) is 152 Å². The van der Waals surface area contributed by atoms with E-state index in [2.05, 4.69) is 20.7 Å². The molecule has 0 spiro atoms. The van der Waals surface area contributed by atoms with Crippen molar-refractivity contribution in [3.8, 4) is 0 Å². The molecule has 1 aliphatic heterocycles.